The van der Waals surface area contributed by atoms with Crippen LogP contribution in [0.15, 0.2) is 72.9 Å². The maximum atomic E-state index is 9.94. The number of ether oxygens (including phenoxy) is 1. The van der Waals surface area contributed by atoms with Crippen LogP contribution in [0.4, 0.5) is 0 Å². The SMILES string of the molecule is CN/C(=C\C(=N)c1ccccc1)Oc1cc(C#N)ccc1-n1cc(C(O)CN)cn1. The fourth-order valence-electron chi connectivity index (χ4n) is 2.73. The highest BCUT2D eigenvalue weighted by atomic mass is 16.5. The van der Waals surface area contributed by atoms with Crippen molar-refractivity contribution >= 4 is 5.71 Å². The van der Waals surface area contributed by atoms with Crippen LogP contribution >= 0.6 is 0 Å². The molecule has 0 aliphatic heterocycles. The van der Waals surface area contributed by atoms with Crippen LogP contribution in [0.5, 0.6) is 5.75 Å². The summed E-state index contributed by atoms with van der Waals surface area (Å²) in [6.45, 7) is 0.0800. The average Bonchev–Trinajstić information content (AvgIpc) is 3.28. The first-order valence-corrected chi connectivity index (χ1v) is 9.24. The summed E-state index contributed by atoms with van der Waals surface area (Å²) in [5.74, 6) is 0.696. The summed E-state index contributed by atoms with van der Waals surface area (Å²) in [4.78, 5) is 0. The van der Waals surface area contributed by atoms with Crippen molar-refractivity contribution in [2.24, 2.45) is 5.73 Å². The zero-order valence-electron chi connectivity index (χ0n) is 16.4. The van der Waals surface area contributed by atoms with Crippen LogP contribution in [0.3, 0.4) is 0 Å². The number of aromatic nitrogens is 2. The molecule has 8 heteroatoms. The van der Waals surface area contributed by atoms with Gasteiger partial charge < -0.3 is 26.3 Å². The first-order chi connectivity index (χ1) is 14.5. The Bertz CT molecular complexity index is 1100. The largest absolute Gasteiger partial charge is 0.439 e. The molecule has 1 aromatic heterocycles. The Balaban J connectivity index is 1.95. The van der Waals surface area contributed by atoms with Gasteiger partial charge in [0, 0.05) is 37.5 Å². The Labute approximate surface area is 174 Å². The van der Waals surface area contributed by atoms with Crippen molar-refractivity contribution < 1.29 is 9.84 Å². The van der Waals surface area contributed by atoms with E-state index in [0.717, 1.165) is 5.56 Å². The molecule has 0 amide bonds. The lowest BCUT2D eigenvalue weighted by Crippen LogP contribution is -2.15. The van der Waals surface area contributed by atoms with Gasteiger partial charge in [-0.3, -0.25) is 0 Å². The number of aliphatic hydroxyl groups is 1. The van der Waals surface area contributed by atoms with Crippen molar-refractivity contribution in [2.75, 3.05) is 13.6 Å². The van der Waals surface area contributed by atoms with Gasteiger partial charge in [0.15, 0.2) is 11.6 Å². The third-order valence-electron chi connectivity index (χ3n) is 4.37. The van der Waals surface area contributed by atoms with Crippen LogP contribution in [0.2, 0.25) is 0 Å². The number of hydrogen-bond donors (Lipinski definition) is 4. The number of nitriles is 1. The van der Waals surface area contributed by atoms with Gasteiger partial charge in [0.05, 0.1) is 29.6 Å². The minimum Gasteiger partial charge on any atom is -0.439 e. The second-order valence-corrected chi connectivity index (χ2v) is 6.40. The molecule has 152 valence electrons. The van der Waals surface area contributed by atoms with Crippen molar-refractivity contribution in [3.63, 3.8) is 0 Å². The Kier molecular flexibility index (Phi) is 6.60. The summed E-state index contributed by atoms with van der Waals surface area (Å²) in [5.41, 5.74) is 8.08. The average molecular weight is 402 g/mol. The fourth-order valence-corrected chi connectivity index (χ4v) is 2.73. The van der Waals surface area contributed by atoms with Gasteiger partial charge in [-0.1, -0.05) is 30.3 Å². The topological polar surface area (TPSA) is 133 Å². The van der Waals surface area contributed by atoms with Crippen LogP contribution in [-0.2, 0) is 0 Å². The summed E-state index contributed by atoms with van der Waals surface area (Å²) in [7, 11) is 1.68. The normalized spacial score (nSPS) is 12.1. The lowest BCUT2D eigenvalue weighted by molar-refractivity contribution is 0.186. The molecule has 3 aromatic rings. The van der Waals surface area contributed by atoms with Gasteiger partial charge in [-0.05, 0) is 17.7 Å². The van der Waals surface area contributed by atoms with Crippen molar-refractivity contribution in [2.45, 2.75) is 6.10 Å². The quantitative estimate of drug-likeness (QED) is 0.337. The number of nitrogens with one attached hydrogen (secondary N) is 2. The van der Waals surface area contributed by atoms with Gasteiger partial charge in [-0.15, -0.1) is 0 Å². The number of aliphatic hydroxyl groups excluding tert-OH is 1. The lowest BCUT2D eigenvalue weighted by atomic mass is 10.1. The van der Waals surface area contributed by atoms with Crippen LogP contribution in [0.1, 0.15) is 22.8 Å². The van der Waals surface area contributed by atoms with E-state index in [0.29, 0.717) is 28.4 Å². The molecule has 0 radical (unpaired) electrons. The predicted octanol–water partition coefficient (Wildman–Crippen LogP) is 2.24. The maximum Gasteiger partial charge on any atom is 0.195 e. The standard InChI is InChI=1S/C22H22N6O2/c1-26-22(10-18(25)16-5-3-2-4-6-16)30-21-9-15(11-23)7-8-19(21)28-14-17(13-27-28)20(29)12-24/h2-10,13-14,20,25-26,29H,12,24H2,1H3/b22-10+,25-18?. The molecule has 30 heavy (non-hydrogen) atoms. The van der Waals surface area contributed by atoms with E-state index in [1.165, 1.54) is 6.20 Å². The van der Waals surface area contributed by atoms with Crippen molar-refractivity contribution in [1.29, 1.82) is 10.7 Å². The van der Waals surface area contributed by atoms with Crippen LogP contribution < -0.4 is 15.8 Å². The highest BCUT2D eigenvalue weighted by Crippen LogP contribution is 2.26. The molecule has 5 N–H and O–H groups in total. The Morgan fingerprint density at radius 1 is 1.37 bits per heavy atom. The first-order valence-electron chi connectivity index (χ1n) is 9.24. The molecule has 1 atom stereocenters. The molecule has 0 saturated carbocycles. The summed E-state index contributed by atoms with van der Waals surface area (Å²) < 4.78 is 7.53. The number of nitrogens with zero attached hydrogens (tertiary/aromatic N) is 3. The summed E-state index contributed by atoms with van der Waals surface area (Å²) in [6.07, 6.45) is 3.92. The molecule has 2 aromatic carbocycles. The molecule has 0 aliphatic carbocycles. The van der Waals surface area contributed by atoms with E-state index in [9.17, 15) is 10.4 Å². The van der Waals surface area contributed by atoms with Crippen molar-refractivity contribution in [1.82, 2.24) is 15.1 Å². The van der Waals surface area contributed by atoms with Crippen LogP contribution in [-0.4, -0.2) is 34.2 Å². The van der Waals surface area contributed by atoms with E-state index >= 15 is 0 Å². The Morgan fingerprint density at radius 3 is 2.80 bits per heavy atom. The van der Waals surface area contributed by atoms with E-state index in [1.54, 1.807) is 42.2 Å². The molecule has 3 rings (SSSR count). The number of hydrogen-bond acceptors (Lipinski definition) is 7. The molecule has 1 heterocycles. The smallest absolute Gasteiger partial charge is 0.195 e. The van der Waals surface area contributed by atoms with Gasteiger partial charge in [-0.2, -0.15) is 10.4 Å². The van der Waals surface area contributed by atoms with Gasteiger partial charge in [-0.25, -0.2) is 4.68 Å². The Morgan fingerprint density at radius 2 is 2.13 bits per heavy atom. The van der Waals surface area contributed by atoms with Crippen LogP contribution in [0.25, 0.3) is 5.69 Å². The maximum absolute atomic E-state index is 9.94. The van der Waals surface area contributed by atoms with Crippen molar-refractivity contribution in [3.8, 4) is 17.5 Å². The van der Waals surface area contributed by atoms with Gasteiger partial charge in [0.2, 0.25) is 0 Å². The predicted molar refractivity (Wildman–Crippen MR) is 113 cm³/mol. The van der Waals surface area contributed by atoms with E-state index in [4.69, 9.17) is 15.9 Å². The summed E-state index contributed by atoms with van der Waals surface area (Å²) in [5, 5.41) is 34.7. The third-order valence-corrected chi connectivity index (χ3v) is 4.37. The second-order valence-electron chi connectivity index (χ2n) is 6.40. The number of allylic oxidation sites excluding steroid dienone is 1. The molecule has 1 unspecified atom stereocenters. The van der Waals surface area contributed by atoms with Crippen molar-refractivity contribution in [3.05, 3.63) is 89.6 Å². The zero-order chi connectivity index (χ0) is 21.5. The molecule has 0 aliphatic rings. The summed E-state index contributed by atoms with van der Waals surface area (Å²) in [6, 6.07) is 16.3. The minimum absolute atomic E-state index is 0.0800. The number of nitrogens with two attached hydrogens (primary N) is 1. The lowest BCUT2D eigenvalue weighted by Gasteiger charge is -2.14. The monoisotopic (exact) mass is 402 g/mol. The van der Waals surface area contributed by atoms with Gasteiger partial charge in [0.25, 0.3) is 0 Å². The molecule has 0 bridgehead atoms. The molecule has 0 fully saturated rings. The fraction of sp³-hybridized carbons (Fsp3) is 0.136. The molecular weight excluding hydrogens is 380 g/mol. The Hall–Kier alpha value is -3.93. The van der Waals surface area contributed by atoms with Gasteiger partial charge >= 0.3 is 0 Å². The second kappa shape index (κ2) is 9.52. The molecular formula is C22H22N6O2. The third kappa shape index (κ3) is 4.72. The first kappa shape index (κ1) is 20.8. The van der Waals surface area contributed by atoms with E-state index in [2.05, 4.69) is 16.5 Å². The molecule has 0 saturated heterocycles. The zero-order valence-corrected chi connectivity index (χ0v) is 16.4. The van der Waals surface area contributed by atoms with Gasteiger partial charge in [0.1, 0.15) is 5.69 Å². The highest BCUT2D eigenvalue weighted by Gasteiger charge is 2.14. The van der Waals surface area contributed by atoms with E-state index < -0.39 is 6.10 Å². The highest BCUT2D eigenvalue weighted by molar-refractivity contribution is 6.06. The van der Waals surface area contributed by atoms with Crippen LogP contribution in [0, 0.1) is 16.7 Å². The van der Waals surface area contributed by atoms with E-state index in [-0.39, 0.29) is 12.3 Å². The minimum atomic E-state index is -0.819. The molecule has 8 nitrogen and oxygen atoms in total. The van der Waals surface area contributed by atoms with E-state index in [1.807, 2.05) is 30.3 Å². The molecule has 0 spiro atoms. The number of rotatable bonds is 8. The summed E-state index contributed by atoms with van der Waals surface area (Å²) >= 11 is 0. The number of benzene rings is 2.